The minimum atomic E-state index is -0.588. The summed E-state index contributed by atoms with van der Waals surface area (Å²) >= 11 is 0. The molecule has 2 heterocycles. The van der Waals surface area contributed by atoms with E-state index >= 15 is 0 Å². The van der Waals surface area contributed by atoms with Gasteiger partial charge in [0.1, 0.15) is 0 Å². The molecule has 6 nitrogen and oxygen atoms in total. The summed E-state index contributed by atoms with van der Waals surface area (Å²) in [6, 6.07) is 8.10. The van der Waals surface area contributed by atoms with Crippen molar-refractivity contribution < 1.29 is 14.3 Å². The first-order valence-electron chi connectivity index (χ1n) is 6.87. The average molecular weight is 285 g/mol. The van der Waals surface area contributed by atoms with Crippen LogP contribution in [-0.2, 0) is 9.53 Å². The molecule has 0 radical (unpaired) electrons. The molecule has 1 N–H and O–H groups in total. The molecule has 0 atom stereocenters. The van der Waals surface area contributed by atoms with Crippen LogP contribution in [0.5, 0.6) is 0 Å². The Morgan fingerprint density at radius 1 is 1.29 bits per heavy atom. The summed E-state index contributed by atoms with van der Waals surface area (Å²) in [4.78, 5) is 26.1. The summed E-state index contributed by atoms with van der Waals surface area (Å²) < 4.78 is 5.32. The Kier molecular flexibility index (Phi) is 3.35. The summed E-state index contributed by atoms with van der Waals surface area (Å²) in [5.74, 6) is -0.204. The van der Waals surface area contributed by atoms with Crippen LogP contribution < -0.4 is 10.2 Å². The van der Waals surface area contributed by atoms with Gasteiger partial charge in [0.15, 0.2) is 0 Å². The van der Waals surface area contributed by atoms with E-state index in [4.69, 9.17) is 10.00 Å². The summed E-state index contributed by atoms with van der Waals surface area (Å²) in [7, 11) is 0. The number of imide groups is 1. The molecule has 0 saturated carbocycles. The van der Waals surface area contributed by atoms with Gasteiger partial charge in [-0.25, -0.2) is 9.69 Å². The molecule has 1 spiro atoms. The number of nitriles is 1. The normalized spacial score (nSPS) is 21.0. The molecule has 0 aliphatic carbocycles. The Morgan fingerprint density at radius 2 is 2.05 bits per heavy atom. The maximum Gasteiger partial charge on any atom is 0.328 e. The Labute approximate surface area is 122 Å². The minimum absolute atomic E-state index is 0.204. The summed E-state index contributed by atoms with van der Waals surface area (Å²) in [5, 5.41) is 11.8. The molecule has 1 aromatic rings. The lowest BCUT2D eigenvalue weighted by Crippen LogP contribution is -2.62. The molecule has 3 amide bonds. The lowest BCUT2D eigenvalue weighted by molar-refractivity contribution is -0.133. The first-order valence-corrected chi connectivity index (χ1v) is 6.87. The number of carbonyl (C=O) groups is 2. The highest BCUT2D eigenvalue weighted by molar-refractivity contribution is 6.18. The fraction of sp³-hybridized carbons (Fsp3) is 0.400. The van der Waals surface area contributed by atoms with Crippen molar-refractivity contribution in [2.75, 3.05) is 24.7 Å². The van der Waals surface area contributed by atoms with Crippen LogP contribution >= 0.6 is 0 Å². The van der Waals surface area contributed by atoms with Gasteiger partial charge in [0.2, 0.25) is 5.91 Å². The van der Waals surface area contributed by atoms with E-state index in [1.807, 2.05) is 6.07 Å². The maximum atomic E-state index is 12.8. The molecule has 2 saturated heterocycles. The average Bonchev–Trinajstić information content (AvgIpc) is 2.53. The lowest BCUT2D eigenvalue weighted by atomic mass is 9.77. The van der Waals surface area contributed by atoms with Gasteiger partial charge in [0, 0.05) is 19.8 Å². The van der Waals surface area contributed by atoms with Crippen molar-refractivity contribution >= 4 is 17.6 Å². The van der Waals surface area contributed by atoms with Gasteiger partial charge in [-0.2, -0.15) is 5.26 Å². The molecule has 108 valence electrons. The molecule has 2 fully saturated rings. The summed E-state index contributed by atoms with van der Waals surface area (Å²) in [6.45, 7) is 1.39. The number of amides is 3. The van der Waals surface area contributed by atoms with Crippen molar-refractivity contribution in [1.29, 1.82) is 5.26 Å². The van der Waals surface area contributed by atoms with Gasteiger partial charge in [-0.15, -0.1) is 0 Å². The van der Waals surface area contributed by atoms with Gasteiger partial charge in [-0.3, -0.25) is 4.79 Å². The number of hydrogen-bond acceptors (Lipinski definition) is 4. The number of hydrogen-bond donors (Lipinski definition) is 1. The van der Waals surface area contributed by atoms with E-state index < -0.39 is 11.4 Å². The van der Waals surface area contributed by atoms with Crippen LogP contribution in [0, 0.1) is 16.7 Å². The number of urea groups is 1. The smallest absolute Gasteiger partial charge is 0.328 e. The summed E-state index contributed by atoms with van der Waals surface area (Å²) in [6.07, 6.45) is 1.20. The second kappa shape index (κ2) is 5.19. The molecular formula is C15H15N3O3. The predicted octanol–water partition coefficient (Wildman–Crippen LogP) is 1.41. The topological polar surface area (TPSA) is 82.4 Å². The number of ether oxygens (including phenoxy) is 1. The zero-order valence-electron chi connectivity index (χ0n) is 11.5. The van der Waals surface area contributed by atoms with E-state index in [0.717, 1.165) is 4.90 Å². The van der Waals surface area contributed by atoms with E-state index in [0.29, 0.717) is 43.9 Å². The molecule has 3 rings (SSSR count). The number of anilines is 1. The second-order valence-electron chi connectivity index (χ2n) is 5.35. The van der Waals surface area contributed by atoms with Crippen LogP contribution in [0.1, 0.15) is 18.4 Å². The Balaban J connectivity index is 1.97. The van der Waals surface area contributed by atoms with Crippen molar-refractivity contribution in [3.63, 3.8) is 0 Å². The fourth-order valence-electron chi connectivity index (χ4n) is 2.83. The van der Waals surface area contributed by atoms with Gasteiger partial charge >= 0.3 is 6.03 Å². The number of carbonyl (C=O) groups excluding carboxylic acids is 2. The highest BCUT2D eigenvalue weighted by atomic mass is 16.5. The quantitative estimate of drug-likeness (QED) is 0.845. The Morgan fingerprint density at radius 3 is 2.76 bits per heavy atom. The van der Waals surface area contributed by atoms with E-state index in [9.17, 15) is 9.59 Å². The van der Waals surface area contributed by atoms with Crippen LogP contribution in [-0.4, -0.2) is 31.7 Å². The van der Waals surface area contributed by atoms with Crippen molar-refractivity contribution in [3.8, 4) is 6.07 Å². The fourth-order valence-corrected chi connectivity index (χ4v) is 2.83. The molecule has 0 unspecified atom stereocenters. The molecule has 6 heteroatoms. The molecule has 2 aliphatic rings. The highest BCUT2D eigenvalue weighted by Gasteiger charge is 2.48. The second-order valence-corrected chi connectivity index (χ2v) is 5.35. The first kappa shape index (κ1) is 13.6. The standard InChI is InChI=1S/C15H15N3O3/c16-9-11-2-1-3-12(8-11)18-13(19)15(10-17-14(18)20)4-6-21-7-5-15/h1-3,8H,4-7,10H2,(H,17,20). The molecule has 1 aromatic carbocycles. The largest absolute Gasteiger partial charge is 0.381 e. The molecular weight excluding hydrogens is 270 g/mol. The Hall–Kier alpha value is -2.39. The predicted molar refractivity (Wildman–Crippen MR) is 74.5 cm³/mol. The number of rotatable bonds is 1. The zero-order valence-corrected chi connectivity index (χ0v) is 11.5. The van der Waals surface area contributed by atoms with Crippen molar-refractivity contribution in [1.82, 2.24) is 5.32 Å². The Bertz CT molecular complexity index is 629. The third-order valence-corrected chi connectivity index (χ3v) is 4.12. The highest BCUT2D eigenvalue weighted by Crippen LogP contribution is 2.36. The first-order chi connectivity index (χ1) is 10.2. The lowest BCUT2D eigenvalue weighted by Gasteiger charge is -2.42. The van der Waals surface area contributed by atoms with Gasteiger partial charge in [-0.05, 0) is 31.0 Å². The maximum absolute atomic E-state index is 12.8. The summed E-state index contributed by atoms with van der Waals surface area (Å²) in [5.41, 5.74) is 0.260. The zero-order chi connectivity index (χ0) is 14.9. The molecule has 21 heavy (non-hydrogen) atoms. The SMILES string of the molecule is N#Cc1cccc(N2C(=O)NCC3(CCOCC3)C2=O)c1. The molecule has 0 bridgehead atoms. The number of nitrogens with zero attached hydrogens (tertiary/aromatic N) is 2. The van der Waals surface area contributed by atoms with Crippen LogP contribution in [0.25, 0.3) is 0 Å². The van der Waals surface area contributed by atoms with Crippen LogP contribution in [0.2, 0.25) is 0 Å². The van der Waals surface area contributed by atoms with Crippen LogP contribution in [0.3, 0.4) is 0 Å². The van der Waals surface area contributed by atoms with Gasteiger partial charge in [0.25, 0.3) is 0 Å². The van der Waals surface area contributed by atoms with Crippen molar-refractivity contribution in [2.45, 2.75) is 12.8 Å². The number of nitrogens with one attached hydrogen (secondary N) is 1. The molecule has 2 aliphatic heterocycles. The van der Waals surface area contributed by atoms with E-state index in [2.05, 4.69) is 5.32 Å². The third kappa shape index (κ3) is 2.26. The van der Waals surface area contributed by atoms with Gasteiger partial charge < -0.3 is 10.1 Å². The van der Waals surface area contributed by atoms with E-state index in [1.165, 1.54) is 0 Å². The van der Waals surface area contributed by atoms with E-state index in [1.54, 1.807) is 24.3 Å². The van der Waals surface area contributed by atoms with Crippen molar-refractivity contribution in [2.24, 2.45) is 5.41 Å². The number of benzene rings is 1. The van der Waals surface area contributed by atoms with Crippen LogP contribution in [0.4, 0.5) is 10.5 Å². The third-order valence-electron chi connectivity index (χ3n) is 4.12. The van der Waals surface area contributed by atoms with E-state index in [-0.39, 0.29) is 5.91 Å². The van der Waals surface area contributed by atoms with Crippen LogP contribution in [0.15, 0.2) is 24.3 Å². The van der Waals surface area contributed by atoms with Gasteiger partial charge in [-0.1, -0.05) is 6.07 Å². The van der Waals surface area contributed by atoms with Crippen molar-refractivity contribution in [3.05, 3.63) is 29.8 Å². The minimum Gasteiger partial charge on any atom is -0.381 e. The van der Waals surface area contributed by atoms with Gasteiger partial charge in [0.05, 0.1) is 22.7 Å². The monoisotopic (exact) mass is 285 g/mol. The molecule has 0 aromatic heterocycles.